The van der Waals surface area contributed by atoms with Crippen LogP contribution >= 0.6 is 15.9 Å². The van der Waals surface area contributed by atoms with E-state index in [1.807, 2.05) is 0 Å². The molecule has 0 aliphatic carbocycles. The quantitative estimate of drug-likeness (QED) is 0.943. The maximum Gasteiger partial charge on any atom is 0.336 e. The molecule has 0 amide bonds. The molecule has 0 atom stereocenters. The summed E-state index contributed by atoms with van der Waals surface area (Å²) in [4.78, 5) is 15.0. The van der Waals surface area contributed by atoms with Crippen LogP contribution in [0.3, 0.4) is 0 Å². The van der Waals surface area contributed by atoms with Crippen molar-refractivity contribution in [1.82, 2.24) is 4.98 Å². The Balaban J connectivity index is 2.17. The molecule has 2 rings (SSSR count). The number of carboxylic acids is 1. The van der Waals surface area contributed by atoms with Gasteiger partial charge in [0.25, 0.3) is 0 Å². The summed E-state index contributed by atoms with van der Waals surface area (Å²) in [5.41, 5.74) is 0.850. The number of benzene rings is 1. The molecule has 92 valence electrons. The fourth-order valence-electron chi connectivity index (χ4n) is 1.47. The molecule has 0 saturated carbocycles. The third-order valence-electron chi connectivity index (χ3n) is 2.33. The highest BCUT2D eigenvalue weighted by Gasteiger charge is 2.11. The standard InChI is InChI=1S/C13H10BrNO3/c14-10-4-3-9(12(6-10)13(16)17)8-18-11-2-1-5-15-7-11/h1-7H,8H2,(H,16,17). The molecule has 0 bridgehead atoms. The largest absolute Gasteiger partial charge is 0.487 e. The predicted molar refractivity (Wildman–Crippen MR) is 69.7 cm³/mol. The monoisotopic (exact) mass is 307 g/mol. The van der Waals surface area contributed by atoms with Gasteiger partial charge in [-0.25, -0.2) is 4.79 Å². The molecule has 0 spiro atoms. The highest BCUT2D eigenvalue weighted by molar-refractivity contribution is 9.10. The highest BCUT2D eigenvalue weighted by Crippen LogP contribution is 2.19. The highest BCUT2D eigenvalue weighted by atomic mass is 79.9. The third-order valence-corrected chi connectivity index (χ3v) is 2.82. The number of carbonyl (C=O) groups is 1. The average molecular weight is 308 g/mol. The molecule has 1 N–H and O–H groups in total. The molecule has 0 radical (unpaired) electrons. The minimum atomic E-state index is -0.971. The van der Waals surface area contributed by atoms with Gasteiger partial charge in [0.15, 0.2) is 0 Å². The lowest BCUT2D eigenvalue weighted by Gasteiger charge is -2.08. The number of halogens is 1. The van der Waals surface area contributed by atoms with Crippen LogP contribution in [0.1, 0.15) is 15.9 Å². The minimum absolute atomic E-state index is 0.195. The number of hydrogen-bond acceptors (Lipinski definition) is 3. The maximum absolute atomic E-state index is 11.1. The van der Waals surface area contributed by atoms with Crippen LogP contribution in [0, 0.1) is 0 Å². The van der Waals surface area contributed by atoms with Gasteiger partial charge in [-0.05, 0) is 24.3 Å². The van der Waals surface area contributed by atoms with E-state index in [1.54, 1.807) is 42.7 Å². The van der Waals surface area contributed by atoms with E-state index in [2.05, 4.69) is 20.9 Å². The van der Waals surface area contributed by atoms with Crippen molar-refractivity contribution in [1.29, 1.82) is 0 Å². The van der Waals surface area contributed by atoms with Crippen molar-refractivity contribution in [2.75, 3.05) is 0 Å². The Morgan fingerprint density at radius 3 is 2.89 bits per heavy atom. The average Bonchev–Trinajstić information content (AvgIpc) is 2.38. The van der Waals surface area contributed by atoms with Crippen LogP contribution in [0.4, 0.5) is 0 Å². The number of carboxylic acid groups (broad SMARTS) is 1. The first-order valence-electron chi connectivity index (χ1n) is 5.21. The zero-order valence-corrected chi connectivity index (χ0v) is 10.9. The molecule has 0 aliphatic heterocycles. The maximum atomic E-state index is 11.1. The smallest absolute Gasteiger partial charge is 0.336 e. The second-order valence-electron chi connectivity index (χ2n) is 3.58. The number of hydrogen-bond donors (Lipinski definition) is 1. The fourth-order valence-corrected chi connectivity index (χ4v) is 1.83. The molecule has 1 aromatic heterocycles. The van der Waals surface area contributed by atoms with Crippen molar-refractivity contribution in [3.63, 3.8) is 0 Å². The summed E-state index contributed by atoms with van der Waals surface area (Å²) in [5, 5.41) is 9.10. The van der Waals surface area contributed by atoms with Crippen molar-refractivity contribution in [3.05, 3.63) is 58.3 Å². The number of aromatic nitrogens is 1. The summed E-state index contributed by atoms with van der Waals surface area (Å²) in [6.07, 6.45) is 3.23. The van der Waals surface area contributed by atoms with Gasteiger partial charge in [-0.2, -0.15) is 0 Å². The number of aromatic carboxylic acids is 1. The normalized spacial score (nSPS) is 10.1. The van der Waals surface area contributed by atoms with Gasteiger partial charge >= 0.3 is 5.97 Å². The Bertz CT molecular complexity index is 557. The van der Waals surface area contributed by atoms with Crippen LogP contribution in [0.5, 0.6) is 5.75 Å². The number of nitrogens with zero attached hydrogens (tertiary/aromatic N) is 1. The second-order valence-corrected chi connectivity index (χ2v) is 4.50. The van der Waals surface area contributed by atoms with E-state index in [0.717, 1.165) is 4.47 Å². The van der Waals surface area contributed by atoms with Crippen molar-refractivity contribution >= 4 is 21.9 Å². The molecule has 2 aromatic rings. The number of rotatable bonds is 4. The third kappa shape index (κ3) is 3.07. The second kappa shape index (κ2) is 5.64. The van der Waals surface area contributed by atoms with Crippen LogP contribution < -0.4 is 4.74 Å². The molecule has 4 nitrogen and oxygen atoms in total. The fraction of sp³-hybridized carbons (Fsp3) is 0.0769. The number of ether oxygens (including phenoxy) is 1. The van der Waals surface area contributed by atoms with Gasteiger partial charge in [0.1, 0.15) is 12.4 Å². The van der Waals surface area contributed by atoms with E-state index in [0.29, 0.717) is 11.3 Å². The summed E-state index contributed by atoms with van der Waals surface area (Å²) < 4.78 is 6.21. The van der Waals surface area contributed by atoms with Crippen LogP contribution in [0.2, 0.25) is 0 Å². The van der Waals surface area contributed by atoms with E-state index in [9.17, 15) is 4.79 Å². The van der Waals surface area contributed by atoms with Crippen LogP contribution in [-0.2, 0) is 6.61 Å². The number of pyridine rings is 1. The van der Waals surface area contributed by atoms with Crippen molar-refractivity contribution in [2.24, 2.45) is 0 Å². The molecule has 5 heteroatoms. The van der Waals surface area contributed by atoms with E-state index >= 15 is 0 Å². The Kier molecular flexibility index (Phi) is 3.94. The Labute approximate surface area is 112 Å². The summed E-state index contributed by atoms with van der Waals surface area (Å²) in [7, 11) is 0. The van der Waals surface area contributed by atoms with Crippen molar-refractivity contribution in [2.45, 2.75) is 6.61 Å². The first kappa shape index (κ1) is 12.6. The van der Waals surface area contributed by atoms with Gasteiger partial charge in [0.2, 0.25) is 0 Å². The lowest BCUT2D eigenvalue weighted by Crippen LogP contribution is -2.05. The van der Waals surface area contributed by atoms with Gasteiger partial charge in [0, 0.05) is 16.2 Å². The summed E-state index contributed by atoms with van der Waals surface area (Å²) in [6.45, 7) is 0.195. The van der Waals surface area contributed by atoms with Gasteiger partial charge in [0.05, 0.1) is 11.8 Å². The lowest BCUT2D eigenvalue weighted by molar-refractivity contribution is 0.0694. The first-order chi connectivity index (χ1) is 8.66. The summed E-state index contributed by atoms with van der Waals surface area (Å²) in [6, 6.07) is 8.60. The zero-order chi connectivity index (χ0) is 13.0. The van der Waals surface area contributed by atoms with Gasteiger partial charge in [-0.1, -0.05) is 22.0 Å². The Morgan fingerprint density at radius 2 is 2.22 bits per heavy atom. The molecular formula is C13H10BrNO3. The first-order valence-corrected chi connectivity index (χ1v) is 6.00. The van der Waals surface area contributed by atoms with Crippen molar-refractivity contribution < 1.29 is 14.6 Å². The van der Waals surface area contributed by atoms with Crippen molar-refractivity contribution in [3.8, 4) is 5.75 Å². The van der Waals surface area contributed by atoms with E-state index < -0.39 is 5.97 Å². The van der Waals surface area contributed by atoms with E-state index in [4.69, 9.17) is 9.84 Å². The van der Waals surface area contributed by atoms with Crippen LogP contribution in [0.25, 0.3) is 0 Å². The molecule has 0 unspecified atom stereocenters. The molecule has 0 fully saturated rings. The molecule has 0 saturated heterocycles. The summed E-state index contributed by atoms with van der Waals surface area (Å²) in [5.74, 6) is -0.363. The Morgan fingerprint density at radius 1 is 1.39 bits per heavy atom. The molecular weight excluding hydrogens is 298 g/mol. The zero-order valence-electron chi connectivity index (χ0n) is 9.34. The minimum Gasteiger partial charge on any atom is -0.487 e. The van der Waals surface area contributed by atoms with Gasteiger partial charge < -0.3 is 9.84 Å². The van der Waals surface area contributed by atoms with Crippen LogP contribution in [-0.4, -0.2) is 16.1 Å². The topological polar surface area (TPSA) is 59.4 Å². The lowest BCUT2D eigenvalue weighted by atomic mass is 10.1. The van der Waals surface area contributed by atoms with E-state index in [1.165, 1.54) is 0 Å². The van der Waals surface area contributed by atoms with Gasteiger partial charge in [-0.15, -0.1) is 0 Å². The van der Waals surface area contributed by atoms with Gasteiger partial charge in [-0.3, -0.25) is 4.98 Å². The summed E-state index contributed by atoms with van der Waals surface area (Å²) >= 11 is 3.25. The molecule has 1 aromatic carbocycles. The molecule has 1 heterocycles. The molecule has 18 heavy (non-hydrogen) atoms. The predicted octanol–water partition coefficient (Wildman–Crippen LogP) is 3.12. The molecule has 0 aliphatic rings. The van der Waals surface area contributed by atoms with Crippen LogP contribution in [0.15, 0.2) is 47.2 Å². The van der Waals surface area contributed by atoms with E-state index in [-0.39, 0.29) is 12.2 Å². The Hall–Kier alpha value is -1.88. The SMILES string of the molecule is O=C(O)c1cc(Br)ccc1COc1cccnc1.